The van der Waals surface area contributed by atoms with Crippen LogP contribution in [0, 0.1) is 6.92 Å². The third kappa shape index (κ3) is 4.16. The Morgan fingerprint density at radius 3 is 2.45 bits per heavy atom. The summed E-state index contributed by atoms with van der Waals surface area (Å²) in [6.07, 6.45) is 0. The van der Waals surface area contributed by atoms with Crippen LogP contribution < -0.4 is 10.5 Å². The standard InChI is InChI=1S/C21H21N3O5/c1-14-2-5-16(6-3-14)28-13-19(25)23-8-10-24(11-9-23)20(26)15-4-7-17-18(12-15)29-21(27)22-17/h2-7,12H,8-11,13H2,1H3,(H,22,27). The Labute approximate surface area is 166 Å². The van der Waals surface area contributed by atoms with E-state index in [4.69, 9.17) is 9.15 Å². The lowest BCUT2D eigenvalue weighted by atomic mass is 10.1. The number of aryl methyl sites for hydroxylation is 1. The van der Waals surface area contributed by atoms with Crippen LogP contribution >= 0.6 is 0 Å². The summed E-state index contributed by atoms with van der Waals surface area (Å²) in [6.45, 7) is 3.73. The number of rotatable bonds is 4. The maximum absolute atomic E-state index is 12.7. The number of nitrogens with one attached hydrogen (secondary N) is 1. The number of carbonyl (C=O) groups excluding carboxylic acids is 2. The zero-order valence-corrected chi connectivity index (χ0v) is 16.0. The quantitative estimate of drug-likeness (QED) is 0.727. The van der Waals surface area contributed by atoms with Gasteiger partial charge in [0.15, 0.2) is 12.2 Å². The molecule has 0 spiro atoms. The summed E-state index contributed by atoms with van der Waals surface area (Å²) in [5.41, 5.74) is 2.48. The minimum atomic E-state index is -0.551. The lowest BCUT2D eigenvalue weighted by Gasteiger charge is -2.34. The van der Waals surface area contributed by atoms with E-state index in [0.29, 0.717) is 48.6 Å². The van der Waals surface area contributed by atoms with Gasteiger partial charge in [-0.2, -0.15) is 0 Å². The summed E-state index contributed by atoms with van der Waals surface area (Å²) in [6, 6.07) is 12.4. The molecule has 1 N–H and O–H groups in total. The molecule has 1 saturated heterocycles. The number of amides is 2. The lowest BCUT2D eigenvalue weighted by molar-refractivity contribution is -0.134. The molecule has 3 aromatic rings. The van der Waals surface area contributed by atoms with Crippen molar-refractivity contribution in [1.29, 1.82) is 0 Å². The predicted molar refractivity (Wildman–Crippen MR) is 106 cm³/mol. The van der Waals surface area contributed by atoms with Crippen molar-refractivity contribution in [1.82, 2.24) is 14.8 Å². The molecule has 1 aliphatic heterocycles. The summed E-state index contributed by atoms with van der Waals surface area (Å²) in [5, 5.41) is 0. The van der Waals surface area contributed by atoms with Gasteiger partial charge in [0, 0.05) is 31.7 Å². The van der Waals surface area contributed by atoms with E-state index in [0.717, 1.165) is 5.56 Å². The SMILES string of the molecule is Cc1ccc(OCC(=O)N2CCN(C(=O)c3ccc4[nH]c(=O)oc4c3)CC2)cc1. The molecule has 8 heteroatoms. The third-order valence-corrected chi connectivity index (χ3v) is 4.97. The Bertz CT molecular complexity index is 1090. The third-order valence-electron chi connectivity index (χ3n) is 4.97. The Morgan fingerprint density at radius 2 is 1.72 bits per heavy atom. The lowest BCUT2D eigenvalue weighted by Crippen LogP contribution is -2.51. The average molecular weight is 395 g/mol. The van der Waals surface area contributed by atoms with Gasteiger partial charge < -0.3 is 19.0 Å². The molecule has 2 amide bonds. The van der Waals surface area contributed by atoms with E-state index in [-0.39, 0.29) is 18.4 Å². The first-order chi connectivity index (χ1) is 14.0. The summed E-state index contributed by atoms with van der Waals surface area (Å²) < 4.78 is 10.6. The summed E-state index contributed by atoms with van der Waals surface area (Å²) >= 11 is 0. The van der Waals surface area contributed by atoms with Crippen LogP contribution in [0.15, 0.2) is 51.7 Å². The van der Waals surface area contributed by atoms with Crippen molar-refractivity contribution in [2.75, 3.05) is 32.8 Å². The van der Waals surface area contributed by atoms with Crippen LogP contribution in [0.2, 0.25) is 0 Å². The molecule has 0 atom stereocenters. The van der Waals surface area contributed by atoms with Crippen molar-refractivity contribution in [2.45, 2.75) is 6.92 Å². The van der Waals surface area contributed by atoms with Gasteiger partial charge in [0.1, 0.15) is 5.75 Å². The number of fused-ring (bicyclic) bond motifs is 1. The maximum Gasteiger partial charge on any atom is 0.417 e. The molecule has 1 fully saturated rings. The largest absolute Gasteiger partial charge is 0.484 e. The fourth-order valence-electron chi connectivity index (χ4n) is 3.29. The van der Waals surface area contributed by atoms with Crippen LogP contribution in [0.1, 0.15) is 15.9 Å². The highest BCUT2D eigenvalue weighted by Crippen LogP contribution is 2.16. The highest BCUT2D eigenvalue weighted by molar-refractivity contribution is 5.97. The molecule has 1 aromatic heterocycles. The monoisotopic (exact) mass is 395 g/mol. The number of oxazole rings is 1. The second-order valence-corrected chi connectivity index (χ2v) is 7.00. The normalized spacial score (nSPS) is 14.2. The van der Waals surface area contributed by atoms with E-state index in [1.165, 1.54) is 0 Å². The van der Waals surface area contributed by atoms with Gasteiger partial charge >= 0.3 is 5.76 Å². The van der Waals surface area contributed by atoms with E-state index >= 15 is 0 Å². The van der Waals surface area contributed by atoms with Gasteiger partial charge in [0.25, 0.3) is 11.8 Å². The molecule has 0 unspecified atom stereocenters. The smallest absolute Gasteiger partial charge is 0.417 e. The van der Waals surface area contributed by atoms with E-state index in [1.807, 2.05) is 31.2 Å². The van der Waals surface area contributed by atoms with E-state index in [2.05, 4.69) is 4.98 Å². The second kappa shape index (κ2) is 7.83. The van der Waals surface area contributed by atoms with Crippen molar-refractivity contribution in [3.63, 3.8) is 0 Å². The van der Waals surface area contributed by atoms with Crippen molar-refractivity contribution in [2.24, 2.45) is 0 Å². The van der Waals surface area contributed by atoms with Gasteiger partial charge in [0.05, 0.1) is 5.52 Å². The molecule has 1 aliphatic rings. The Balaban J connectivity index is 1.31. The Morgan fingerprint density at radius 1 is 1.03 bits per heavy atom. The molecule has 2 heterocycles. The van der Waals surface area contributed by atoms with Crippen LogP contribution in [0.3, 0.4) is 0 Å². The first kappa shape index (κ1) is 18.8. The number of hydrogen-bond acceptors (Lipinski definition) is 5. The Hall–Kier alpha value is -3.55. The molecule has 150 valence electrons. The van der Waals surface area contributed by atoms with Crippen molar-refractivity contribution < 1.29 is 18.7 Å². The first-order valence-electron chi connectivity index (χ1n) is 9.39. The number of nitrogens with zero attached hydrogens (tertiary/aromatic N) is 2. The van der Waals surface area contributed by atoms with E-state index in [9.17, 15) is 14.4 Å². The van der Waals surface area contributed by atoms with Gasteiger partial charge in [-0.15, -0.1) is 0 Å². The zero-order valence-electron chi connectivity index (χ0n) is 16.0. The number of hydrogen-bond donors (Lipinski definition) is 1. The highest BCUT2D eigenvalue weighted by Gasteiger charge is 2.25. The van der Waals surface area contributed by atoms with E-state index in [1.54, 1.807) is 28.0 Å². The molecule has 2 aromatic carbocycles. The van der Waals surface area contributed by atoms with Gasteiger partial charge in [-0.3, -0.25) is 14.6 Å². The van der Waals surface area contributed by atoms with Crippen molar-refractivity contribution in [3.05, 3.63) is 64.1 Å². The molecule has 0 radical (unpaired) electrons. The van der Waals surface area contributed by atoms with Crippen molar-refractivity contribution in [3.8, 4) is 5.75 Å². The van der Waals surface area contributed by atoms with Crippen molar-refractivity contribution >= 4 is 22.9 Å². The second-order valence-electron chi connectivity index (χ2n) is 7.00. The highest BCUT2D eigenvalue weighted by atomic mass is 16.5. The Kier molecular flexibility index (Phi) is 5.07. The maximum atomic E-state index is 12.7. The molecule has 0 bridgehead atoms. The molecule has 0 aliphatic carbocycles. The minimum absolute atomic E-state index is 0.0276. The van der Waals surface area contributed by atoms with Crippen LogP contribution in [-0.4, -0.2) is 59.4 Å². The zero-order chi connectivity index (χ0) is 20.4. The number of aromatic nitrogens is 1. The molecular formula is C21H21N3O5. The summed E-state index contributed by atoms with van der Waals surface area (Å²) in [5.74, 6) is -0.152. The van der Waals surface area contributed by atoms with Gasteiger partial charge in [-0.25, -0.2) is 4.79 Å². The van der Waals surface area contributed by atoms with Crippen LogP contribution in [0.25, 0.3) is 11.1 Å². The number of piperazine rings is 1. The fraction of sp³-hybridized carbons (Fsp3) is 0.286. The van der Waals surface area contributed by atoms with Crippen LogP contribution in [0.5, 0.6) is 5.75 Å². The van der Waals surface area contributed by atoms with Crippen LogP contribution in [-0.2, 0) is 4.79 Å². The fourth-order valence-corrected chi connectivity index (χ4v) is 3.29. The number of ether oxygens (including phenoxy) is 1. The minimum Gasteiger partial charge on any atom is -0.484 e. The van der Waals surface area contributed by atoms with Gasteiger partial charge in [0.2, 0.25) is 0 Å². The number of aromatic amines is 1. The number of benzene rings is 2. The molecule has 0 saturated carbocycles. The van der Waals surface area contributed by atoms with E-state index < -0.39 is 5.76 Å². The molecule has 29 heavy (non-hydrogen) atoms. The van der Waals surface area contributed by atoms with Gasteiger partial charge in [-0.1, -0.05) is 17.7 Å². The molecule has 4 rings (SSSR count). The first-order valence-corrected chi connectivity index (χ1v) is 9.39. The molecule has 8 nitrogen and oxygen atoms in total. The summed E-state index contributed by atoms with van der Waals surface area (Å²) in [4.78, 5) is 42.3. The summed E-state index contributed by atoms with van der Waals surface area (Å²) in [7, 11) is 0. The molecular weight excluding hydrogens is 374 g/mol. The topological polar surface area (TPSA) is 95.9 Å². The average Bonchev–Trinajstić information content (AvgIpc) is 3.12. The predicted octanol–water partition coefficient (Wildman–Crippen LogP) is 1.79. The van der Waals surface area contributed by atoms with Crippen LogP contribution in [0.4, 0.5) is 0 Å². The van der Waals surface area contributed by atoms with Gasteiger partial charge in [-0.05, 0) is 37.3 Å². The number of H-pyrrole nitrogens is 1. The number of carbonyl (C=O) groups is 2.